The minimum atomic E-state index is -1.93. The third-order valence-electron chi connectivity index (χ3n) is 1.65. The third-order valence-corrected chi connectivity index (χ3v) is 2.31. The Morgan fingerprint density at radius 3 is 2.85 bits per heavy atom. The zero-order valence-corrected chi connectivity index (χ0v) is 7.79. The second-order valence-electron chi connectivity index (χ2n) is 2.60. The van der Waals surface area contributed by atoms with E-state index in [1.165, 1.54) is 0 Å². The van der Waals surface area contributed by atoms with Gasteiger partial charge in [-0.15, -0.1) is 0 Å². The summed E-state index contributed by atoms with van der Waals surface area (Å²) in [6.07, 6.45) is 1.90. The smallest absolute Gasteiger partial charge is 0.186 e. The largest absolute Gasteiger partial charge is 0.303 e. The SMILES string of the molecule is O=CCCc1cccc(S(=O)O)c1. The Bertz CT molecular complexity index is 322. The normalized spacial score (nSPS) is 12.4. The first-order chi connectivity index (χ1) is 6.24. The van der Waals surface area contributed by atoms with Gasteiger partial charge in [0, 0.05) is 6.42 Å². The summed E-state index contributed by atoms with van der Waals surface area (Å²) in [5, 5.41) is 0. The summed E-state index contributed by atoms with van der Waals surface area (Å²) in [4.78, 5) is 10.5. The summed E-state index contributed by atoms with van der Waals surface area (Å²) in [7, 11) is 0. The van der Waals surface area contributed by atoms with Crippen molar-refractivity contribution in [2.24, 2.45) is 0 Å². The van der Waals surface area contributed by atoms with Crippen LogP contribution in [0.4, 0.5) is 0 Å². The van der Waals surface area contributed by atoms with E-state index in [0.29, 0.717) is 17.7 Å². The molecule has 1 N–H and O–H groups in total. The van der Waals surface area contributed by atoms with Gasteiger partial charge in [0.15, 0.2) is 11.1 Å². The summed E-state index contributed by atoms with van der Waals surface area (Å²) in [6.45, 7) is 0. The van der Waals surface area contributed by atoms with Gasteiger partial charge in [-0.1, -0.05) is 12.1 Å². The molecular weight excluding hydrogens is 188 g/mol. The molecule has 1 rings (SSSR count). The maximum atomic E-state index is 10.7. The quantitative estimate of drug-likeness (QED) is 0.587. The van der Waals surface area contributed by atoms with E-state index >= 15 is 0 Å². The van der Waals surface area contributed by atoms with Gasteiger partial charge in [0.05, 0.1) is 4.90 Å². The number of hydrogen-bond donors (Lipinski definition) is 1. The molecule has 13 heavy (non-hydrogen) atoms. The highest BCUT2D eigenvalue weighted by atomic mass is 32.2. The fraction of sp³-hybridized carbons (Fsp3) is 0.222. The Morgan fingerprint density at radius 1 is 1.46 bits per heavy atom. The minimum Gasteiger partial charge on any atom is -0.303 e. The van der Waals surface area contributed by atoms with Crippen molar-refractivity contribution in [2.75, 3.05) is 0 Å². The van der Waals surface area contributed by atoms with Gasteiger partial charge in [-0.25, -0.2) is 4.21 Å². The molecule has 0 heterocycles. The monoisotopic (exact) mass is 198 g/mol. The molecular formula is C9H10O3S. The molecule has 1 unspecified atom stereocenters. The molecule has 1 aromatic rings. The third kappa shape index (κ3) is 3.08. The van der Waals surface area contributed by atoms with Crippen LogP contribution in [0.5, 0.6) is 0 Å². The predicted molar refractivity (Wildman–Crippen MR) is 49.9 cm³/mol. The van der Waals surface area contributed by atoms with Gasteiger partial charge in [0.25, 0.3) is 0 Å². The summed E-state index contributed by atoms with van der Waals surface area (Å²) < 4.78 is 19.4. The van der Waals surface area contributed by atoms with Crippen molar-refractivity contribution >= 4 is 17.4 Å². The second kappa shape index (κ2) is 4.89. The Labute approximate surface area is 79.1 Å². The van der Waals surface area contributed by atoms with Gasteiger partial charge in [0.2, 0.25) is 0 Å². The molecule has 3 nitrogen and oxygen atoms in total. The summed E-state index contributed by atoms with van der Waals surface area (Å²) in [5.74, 6) is 0. The van der Waals surface area contributed by atoms with Crippen molar-refractivity contribution in [3.63, 3.8) is 0 Å². The summed E-state index contributed by atoms with van der Waals surface area (Å²) in [5.41, 5.74) is 0.909. The van der Waals surface area contributed by atoms with Crippen LogP contribution >= 0.6 is 0 Å². The number of benzene rings is 1. The van der Waals surface area contributed by atoms with Gasteiger partial charge in [-0.2, -0.15) is 0 Å². The number of hydrogen-bond acceptors (Lipinski definition) is 2. The van der Waals surface area contributed by atoms with Crippen LogP contribution in [0.2, 0.25) is 0 Å². The molecule has 0 aliphatic heterocycles. The van der Waals surface area contributed by atoms with Crippen molar-refractivity contribution in [1.29, 1.82) is 0 Å². The zero-order valence-electron chi connectivity index (χ0n) is 6.97. The number of aldehydes is 1. The predicted octanol–water partition coefficient (Wildman–Crippen LogP) is 1.40. The molecule has 0 aliphatic carbocycles. The van der Waals surface area contributed by atoms with E-state index in [-0.39, 0.29) is 0 Å². The number of aryl methyl sites for hydroxylation is 1. The van der Waals surface area contributed by atoms with Gasteiger partial charge in [0.1, 0.15) is 6.29 Å². The van der Waals surface area contributed by atoms with Crippen LogP contribution in [0.1, 0.15) is 12.0 Å². The highest BCUT2D eigenvalue weighted by Gasteiger charge is 2.00. The van der Waals surface area contributed by atoms with E-state index in [9.17, 15) is 9.00 Å². The van der Waals surface area contributed by atoms with Crippen molar-refractivity contribution < 1.29 is 13.6 Å². The molecule has 0 saturated carbocycles. The lowest BCUT2D eigenvalue weighted by molar-refractivity contribution is -0.107. The Morgan fingerprint density at radius 2 is 2.23 bits per heavy atom. The molecule has 1 atom stereocenters. The fourth-order valence-electron chi connectivity index (χ4n) is 1.04. The lowest BCUT2D eigenvalue weighted by atomic mass is 10.1. The highest BCUT2D eigenvalue weighted by molar-refractivity contribution is 7.79. The van der Waals surface area contributed by atoms with Crippen molar-refractivity contribution in [3.05, 3.63) is 29.8 Å². The molecule has 0 amide bonds. The molecule has 4 heteroatoms. The van der Waals surface area contributed by atoms with Gasteiger partial charge in [-0.05, 0) is 24.1 Å². The van der Waals surface area contributed by atoms with Gasteiger partial charge < -0.3 is 9.35 Å². The van der Waals surface area contributed by atoms with E-state index in [1.54, 1.807) is 18.2 Å². The molecule has 0 radical (unpaired) electrons. The fourth-order valence-corrected chi connectivity index (χ4v) is 1.48. The molecule has 0 spiro atoms. The van der Waals surface area contributed by atoms with Crippen LogP contribution in [0.15, 0.2) is 29.2 Å². The topological polar surface area (TPSA) is 54.4 Å². The Balaban J connectivity index is 2.79. The lowest BCUT2D eigenvalue weighted by Gasteiger charge is -1.99. The van der Waals surface area contributed by atoms with E-state index in [1.807, 2.05) is 6.07 Å². The summed E-state index contributed by atoms with van der Waals surface area (Å²) >= 11 is -1.93. The van der Waals surface area contributed by atoms with Crippen LogP contribution in [-0.2, 0) is 22.3 Å². The highest BCUT2D eigenvalue weighted by Crippen LogP contribution is 2.09. The molecule has 0 aromatic heterocycles. The van der Waals surface area contributed by atoms with Crippen LogP contribution in [0.3, 0.4) is 0 Å². The van der Waals surface area contributed by atoms with E-state index in [4.69, 9.17) is 4.55 Å². The van der Waals surface area contributed by atoms with Crippen molar-refractivity contribution in [2.45, 2.75) is 17.7 Å². The molecule has 0 bridgehead atoms. The Kier molecular flexibility index (Phi) is 3.79. The van der Waals surface area contributed by atoms with Gasteiger partial charge >= 0.3 is 0 Å². The van der Waals surface area contributed by atoms with E-state index < -0.39 is 11.1 Å². The second-order valence-corrected chi connectivity index (χ2v) is 3.57. The minimum absolute atomic E-state index is 0.378. The lowest BCUT2D eigenvalue weighted by Crippen LogP contribution is -1.91. The van der Waals surface area contributed by atoms with Crippen LogP contribution in [0.25, 0.3) is 0 Å². The molecule has 70 valence electrons. The first-order valence-corrected chi connectivity index (χ1v) is 4.98. The van der Waals surface area contributed by atoms with Crippen molar-refractivity contribution in [1.82, 2.24) is 0 Å². The Hall–Kier alpha value is -1.00. The zero-order chi connectivity index (χ0) is 9.68. The molecule has 1 aromatic carbocycles. The maximum absolute atomic E-state index is 10.7. The summed E-state index contributed by atoms with van der Waals surface area (Å²) in [6, 6.07) is 6.77. The first-order valence-electron chi connectivity index (χ1n) is 3.87. The van der Waals surface area contributed by atoms with E-state index in [0.717, 1.165) is 11.8 Å². The number of rotatable bonds is 4. The molecule has 0 aliphatic rings. The maximum Gasteiger partial charge on any atom is 0.186 e. The molecule has 0 fully saturated rings. The average molecular weight is 198 g/mol. The first kappa shape index (κ1) is 10.1. The van der Waals surface area contributed by atoms with Crippen LogP contribution in [0, 0.1) is 0 Å². The van der Waals surface area contributed by atoms with Crippen LogP contribution < -0.4 is 0 Å². The average Bonchev–Trinajstić information content (AvgIpc) is 2.15. The number of carbonyl (C=O) groups is 1. The standard InChI is InChI=1S/C9H10O3S/c10-6-2-4-8-3-1-5-9(7-8)13(11)12/h1,3,5-7H,2,4H2,(H,11,12). The molecule has 0 saturated heterocycles. The van der Waals surface area contributed by atoms with Crippen LogP contribution in [-0.4, -0.2) is 15.0 Å². The van der Waals surface area contributed by atoms with Gasteiger partial charge in [-0.3, -0.25) is 0 Å². The van der Waals surface area contributed by atoms with Crippen molar-refractivity contribution in [3.8, 4) is 0 Å². The van der Waals surface area contributed by atoms with E-state index in [2.05, 4.69) is 0 Å². The number of carbonyl (C=O) groups excluding carboxylic acids is 1.